The van der Waals surface area contributed by atoms with E-state index in [1.807, 2.05) is 5.38 Å². The molecule has 9 heteroatoms. The maximum Gasteiger partial charge on any atom is 0.237 e. The summed E-state index contributed by atoms with van der Waals surface area (Å²) < 4.78 is 1.69. The molecular weight excluding hydrogens is 270 g/mol. The van der Waals surface area contributed by atoms with Crippen LogP contribution in [0.15, 0.2) is 11.6 Å². The number of aliphatic hydroxyl groups is 1. The van der Waals surface area contributed by atoms with E-state index in [9.17, 15) is 14.7 Å². The minimum atomic E-state index is -0.610. The first-order valence-corrected chi connectivity index (χ1v) is 6.27. The summed E-state index contributed by atoms with van der Waals surface area (Å²) in [6.45, 7) is -0.664. The van der Waals surface area contributed by atoms with Gasteiger partial charge in [-0.2, -0.15) is 0 Å². The fourth-order valence-electron chi connectivity index (χ4n) is 1.80. The molecule has 102 valence electrons. The van der Waals surface area contributed by atoms with Gasteiger partial charge in [0.25, 0.3) is 0 Å². The second kappa shape index (κ2) is 5.24. The molecule has 2 aromatic rings. The quantitative estimate of drug-likeness (QED) is 0.605. The number of amides is 2. The standard InChI is InChI=1S/C10H13N5O3S/c11-7(17)3-14(4-8(12)18)9-6(5-16)15-1-2-19-10(15)13-9/h1-2,16H,3-5H2,(H2,11,17)(H2,12,18). The molecule has 0 unspecified atom stereocenters. The van der Waals surface area contributed by atoms with E-state index in [1.54, 1.807) is 10.6 Å². The summed E-state index contributed by atoms with van der Waals surface area (Å²) in [5.41, 5.74) is 10.8. The normalized spacial score (nSPS) is 10.8. The Kier molecular flexibility index (Phi) is 3.67. The van der Waals surface area contributed by atoms with Crippen molar-refractivity contribution in [3.05, 3.63) is 17.3 Å². The van der Waals surface area contributed by atoms with Crippen LogP contribution in [0, 0.1) is 0 Å². The molecule has 0 fully saturated rings. The third-order valence-electron chi connectivity index (χ3n) is 2.48. The average molecular weight is 283 g/mol. The van der Waals surface area contributed by atoms with E-state index in [1.165, 1.54) is 16.2 Å². The van der Waals surface area contributed by atoms with Crippen molar-refractivity contribution < 1.29 is 14.7 Å². The second-order valence-corrected chi connectivity index (χ2v) is 4.76. The number of carbonyl (C=O) groups is 2. The molecule has 0 saturated heterocycles. The molecular formula is C10H13N5O3S. The van der Waals surface area contributed by atoms with Gasteiger partial charge >= 0.3 is 0 Å². The summed E-state index contributed by atoms with van der Waals surface area (Å²) in [6.07, 6.45) is 1.74. The minimum absolute atomic E-state index is 0.194. The van der Waals surface area contributed by atoms with Crippen molar-refractivity contribution in [1.82, 2.24) is 9.38 Å². The van der Waals surface area contributed by atoms with E-state index in [0.29, 0.717) is 16.5 Å². The highest BCUT2D eigenvalue weighted by atomic mass is 32.1. The molecule has 2 heterocycles. The van der Waals surface area contributed by atoms with Crippen LogP contribution in [0.5, 0.6) is 0 Å². The minimum Gasteiger partial charge on any atom is -0.390 e. The Morgan fingerprint density at radius 3 is 2.53 bits per heavy atom. The van der Waals surface area contributed by atoms with Gasteiger partial charge in [0.2, 0.25) is 11.8 Å². The van der Waals surface area contributed by atoms with Crippen LogP contribution in [0.3, 0.4) is 0 Å². The summed E-state index contributed by atoms with van der Waals surface area (Å²) in [5, 5.41) is 11.2. The molecule has 0 aliphatic rings. The predicted octanol–water partition coefficient (Wildman–Crippen LogP) is -1.33. The third kappa shape index (κ3) is 2.66. The molecule has 0 radical (unpaired) electrons. The summed E-state index contributed by atoms with van der Waals surface area (Å²) in [7, 11) is 0. The SMILES string of the molecule is NC(=O)CN(CC(N)=O)c1nc2sccn2c1CO. The van der Waals surface area contributed by atoms with Crippen LogP contribution in [-0.4, -0.2) is 39.4 Å². The van der Waals surface area contributed by atoms with Crippen LogP contribution >= 0.6 is 11.3 Å². The Morgan fingerprint density at radius 1 is 1.37 bits per heavy atom. The molecule has 5 N–H and O–H groups in total. The Morgan fingerprint density at radius 2 is 2.00 bits per heavy atom. The maximum absolute atomic E-state index is 11.1. The van der Waals surface area contributed by atoms with Gasteiger partial charge < -0.3 is 21.5 Å². The number of carbonyl (C=O) groups excluding carboxylic acids is 2. The highest BCUT2D eigenvalue weighted by Crippen LogP contribution is 2.24. The van der Waals surface area contributed by atoms with E-state index in [2.05, 4.69) is 4.98 Å². The molecule has 0 aliphatic carbocycles. The topological polar surface area (TPSA) is 127 Å². The molecule has 0 spiro atoms. The van der Waals surface area contributed by atoms with Gasteiger partial charge in [-0.05, 0) is 0 Å². The number of thiazole rings is 1. The van der Waals surface area contributed by atoms with Gasteiger partial charge in [-0.25, -0.2) is 4.98 Å². The van der Waals surface area contributed by atoms with Gasteiger partial charge in [0.05, 0.1) is 25.4 Å². The van der Waals surface area contributed by atoms with Gasteiger partial charge in [-0.15, -0.1) is 11.3 Å². The molecule has 2 rings (SSSR count). The van der Waals surface area contributed by atoms with Crippen LogP contribution in [0.25, 0.3) is 4.96 Å². The van der Waals surface area contributed by atoms with Crippen molar-refractivity contribution in [2.45, 2.75) is 6.61 Å². The van der Waals surface area contributed by atoms with Crippen molar-refractivity contribution in [2.75, 3.05) is 18.0 Å². The lowest BCUT2D eigenvalue weighted by molar-refractivity contribution is -0.117. The zero-order valence-corrected chi connectivity index (χ0v) is 10.8. The van der Waals surface area contributed by atoms with Crippen molar-refractivity contribution in [1.29, 1.82) is 0 Å². The number of nitrogens with two attached hydrogens (primary N) is 2. The molecule has 0 saturated carbocycles. The van der Waals surface area contributed by atoms with Crippen molar-refractivity contribution >= 4 is 33.9 Å². The summed E-state index contributed by atoms with van der Waals surface area (Å²) in [5.74, 6) is -0.880. The number of aromatic nitrogens is 2. The van der Waals surface area contributed by atoms with Crippen LogP contribution < -0.4 is 16.4 Å². The van der Waals surface area contributed by atoms with Crippen molar-refractivity contribution in [2.24, 2.45) is 11.5 Å². The third-order valence-corrected chi connectivity index (χ3v) is 3.24. The van der Waals surface area contributed by atoms with Gasteiger partial charge in [-0.3, -0.25) is 14.0 Å². The monoisotopic (exact) mass is 283 g/mol. The van der Waals surface area contributed by atoms with E-state index in [-0.39, 0.29) is 19.7 Å². The van der Waals surface area contributed by atoms with Crippen LogP contribution in [0.4, 0.5) is 5.82 Å². The summed E-state index contributed by atoms with van der Waals surface area (Å²) in [4.78, 5) is 28.4. The van der Waals surface area contributed by atoms with Crippen LogP contribution in [0.2, 0.25) is 0 Å². The molecule has 0 atom stereocenters. The average Bonchev–Trinajstić information content (AvgIpc) is 2.85. The lowest BCUT2D eigenvalue weighted by atomic mass is 10.3. The largest absolute Gasteiger partial charge is 0.390 e. The second-order valence-electron chi connectivity index (χ2n) is 3.88. The van der Waals surface area contributed by atoms with Gasteiger partial charge in [0, 0.05) is 11.6 Å². The zero-order chi connectivity index (χ0) is 14.0. The number of hydrogen-bond acceptors (Lipinski definition) is 6. The van der Waals surface area contributed by atoms with E-state index in [0.717, 1.165) is 0 Å². The molecule has 0 aliphatic heterocycles. The lowest BCUT2D eigenvalue weighted by Gasteiger charge is -2.20. The first kappa shape index (κ1) is 13.3. The number of imidazole rings is 1. The number of hydrogen-bond donors (Lipinski definition) is 3. The Bertz CT molecular complexity index is 604. The highest BCUT2D eigenvalue weighted by Gasteiger charge is 2.21. The molecule has 0 bridgehead atoms. The van der Waals surface area contributed by atoms with Crippen LogP contribution in [0.1, 0.15) is 5.69 Å². The molecule has 2 amide bonds. The molecule has 0 aromatic carbocycles. The molecule has 2 aromatic heterocycles. The van der Waals surface area contributed by atoms with Gasteiger partial charge in [-0.1, -0.05) is 0 Å². The Labute approximate surface area is 112 Å². The van der Waals surface area contributed by atoms with E-state index in [4.69, 9.17) is 11.5 Å². The van der Waals surface area contributed by atoms with Crippen molar-refractivity contribution in [3.63, 3.8) is 0 Å². The number of fused-ring (bicyclic) bond motifs is 1. The summed E-state index contributed by atoms with van der Waals surface area (Å²) >= 11 is 1.37. The van der Waals surface area contributed by atoms with Crippen molar-refractivity contribution in [3.8, 4) is 0 Å². The molecule has 19 heavy (non-hydrogen) atoms. The summed E-state index contributed by atoms with van der Waals surface area (Å²) in [6, 6.07) is 0. The van der Waals surface area contributed by atoms with Crippen LogP contribution in [-0.2, 0) is 16.2 Å². The zero-order valence-electron chi connectivity index (χ0n) is 9.94. The number of rotatable bonds is 6. The number of primary amides is 2. The maximum atomic E-state index is 11.1. The lowest BCUT2D eigenvalue weighted by Crippen LogP contribution is -2.40. The fraction of sp³-hybridized carbons (Fsp3) is 0.300. The smallest absolute Gasteiger partial charge is 0.237 e. The Hall–Kier alpha value is -2.13. The predicted molar refractivity (Wildman–Crippen MR) is 69.6 cm³/mol. The fourth-order valence-corrected chi connectivity index (χ4v) is 2.53. The van der Waals surface area contributed by atoms with E-state index >= 15 is 0 Å². The first-order chi connectivity index (χ1) is 9.02. The first-order valence-electron chi connectivity index (χ1n) is 5.39. The van der Waals surface area contributed by atoms with E-state index < -0.39 is 11.8 Å². The highest BCUT2D eigenvalue weighted by molar-refractivity contribution is 7.15. The van der Waals surface area contributed by atoms with Gasteiger partial charge in [0.1, 0.15) is 0 Å². The molecule has 8 nitrogen and oxygen atoms in total. The Balaban J connectivity index is 2.44. The number of anilines is 1. The number of aliphatic hydroxyl groups excluding tert-OH is 1. The van der Waals surface area contributed by atoms with Gasteiger partial charge in [0.15, 0.2) is 10.8 Å². The number of nitrogens with zero attached hydrogens (tertiary/aromatic N) is 3.